The van der Waals surface area contributed by atoms with E-state index in [2.05, 4.69) is 0 Å². The molecule has 98 valence electrons. The van der Waals surface area contributed by atoms with Crippen LogP contribution >= 0.6 is 0 Å². The van der Waals surface area contributed by atoms with Gasteiger partial charge in [0.05, 0.1) is 0 Å². The Morgan fingerprint density at radius 2 is 1.63 bits per heavy atom. The third-order valence-corrected chi connectivity index (χ3v) is 3.31. The van der Waals surface area contributed by atoms with E-state index in [1.807, 2.05) is 43.3 Å². The largest absolute Gasteiger partial charge is 0.479 e. The van der Waals surface area contributed by atoms with Gasteiger partial charge in [0.2, 0.25) is 5.60 Å². The van der Waals surface area contributed by atoms with Gasteiger partial charge in [0.25, 0.3) is 0 Å². The van der Waals surface area contributed by atoms with Crippen LogP contribution in [0.1, 0.15) is 16.7 Å². The molecule has 2 aromatic carbocycles. The van der Waals surface area contributed by atoms with E-state index in [1.165, 1.54) is 7.11 Å². The minimum Gasteiger partial charge on any atom is -0.479 e. The van der Waals surface area contributed by atoms with E-state index < -0.39 is 11.6 Å². The molecule has 0 aromatic heterocycles. The van der Waals surface area contributed by atoms with Crippen molar-refractivity contribution in [3.63, 3.8) is 0 Å². The molecule has 3 heteroatoms. The van der Waals surface area contributed by atoms with Crippen molar-refractivity contribution in [2.45, 2.75) is 12.5 Å². The van der Waals surface area contributed by atoms with Gasteiger partial charge in [-0.2, -0.15) is 0 Å². The van der Waals surface area contributed by atoms with Crippen LogP contribution in [0.2, 0.25) is 0 Å². The molecule has 0 aliphatic carbocycles. The highest BCUT2D eigenvalue weighted by Gasteiger charge is 2.43. The van der Waals surface area contributed by atoms with E-state index in [0.29, 0.717) is 11.1 Å². The first kappa shape index (κ1) is 13.3. The van der Waals surface area contributed by atoms with Crippen molar-refractivity contribution in [1.82, 2.24) is 0 Å². The van der Waals surface area contributed by atoms with E-state index in [1.54, 1.807) is 18.2 Å². The van der Waals surface area contributed by atoms with E-state index in [-0.39, 0.29) is 0 Å². The number of aliphatic carboxylic acids is 1. The molecule has 0 aliphatic heterocycles. The van der Waals surface area contributed by atoms with Crippen LogP contribution in [0.3, 0.4) is 0 Å². The van der Waals surface area contributed by atoms with Crippen molar-refractivity contribution in [3.8, 4) is 0 Å². The summed E-state index contributed by atoms with van der Waals surface area (Å²) in [6.07, 6.45) is 0. The van der Waals surface area contributed by atoms with E-state index >= 15 is 0 Å². The summed E-state index contributed by atoms with van der Waals surface area (Å²) < 4.78 is 5.45. The Morgan fingerprint density at radius 3 is 2.16 bits per heavy atom. The monoisotopic (exact) mass is 256 g/mol. The standard InChI is InChI=1S/C16H16O3/c1-12-8-6-7-11-14(12)16(19-2,15(17)18)13-9-4-3-5-10-13/h3-11H,1-2H3,(H,17,18). The van der Waals surface area contributed by atoms with Gasteiger partial charge in [0, 0.05) is 12.7 Å². The molecular weight excluding hydrogens is 240 g/mol. The highest BCUT2D eigenvalue weighted by atomic mass is 16.5. The molecular formula is C16H16O3. The lowest BCUT2D eigenvalue weighted by Crippen LogP contribution is -2.39. The molecule has 3 nitrogen and oxygen atoms in total. The number of hydrogen-bond acceptors (Lipinski definition) is 2. The number of aryl methyl sites for hydroxylation is 1. The van der Waals surface area contributed by atoms with Crippen LogP contribution in [0, 0.1) is 6.92 Å². The second-order valence-corrected chi connectivity index (χ2v) is 4.37. The van der Waals surface area contributed by atoms with Crippen molar-refractivity contribution in [2.75, 3.05) is 7.11 Å². The Labute approximate surface area is 112 Å². The SMILES string of the molecule is COC(C(=O)O)(c1ccccc1)c1ccccc1C. The first-order valence-electron chi connectivity index (χ1n) is 6.03. The summed E-state index contributed by atoms with van der Waals surface area (Å²) in [5, 5.41) is 9.73. The number of ether oxygens (including phenoxy) is 1. The predicted octanol–water partition coefficient (Wildman–Crippen LogP) is 2.97. The van der Waals surface area contributed by atoms with Gasteiger partial charge >= 0.3 is 5.97 Å². The summed E-state index contributed by atoms with van der Waals surface area (Å²) in [6, 6.07) is 16.4. The van der Waals surface area contributed by atoms with Gasteiger partial charge in [-0.25, -0.2) is 4.79 Å². The lowest BCUT2D eigenvalue weighted by Gasteiger charge is -2.30. The van der Waals surface area contributed by atoms with E-state index in [9.17, 15) is 9.90 Å². The number of methoxy groups -OCH3 is 1. The van der Waals surface area contributed by atoms with Gasteiger partial charge in [-0.1, -0.05) is 54.6 Å². The Bertz CT molecular complexity index is 578. The molecule has 0 radical (unpaired) electrons. The van der Waals surface area contributed by atoms with Crippen molar-refractivity contribution in [1.29, 1.82) is 0 Å². The third-order valence-electron chi connectivity index (χ3n) is 3.31. The van der Waals surface area contributed by atoms with Gasteiger partial charge < -0.3 is 9.84 Å². The average molecular weight is 256 g/mol. The minimum absolute atomic E-state index is 0.610. The van der Waals surface area contributed by atoms with Crippen LogP contribution in [0.25, 0.3) is 0 Å². The number of carboxylic acid groups (broad SMARTS) is 1. The lowest BCUT2D eigenvalue weighted by molar-refractivity contribution is -0.158. The molecule has 0 bridgehead atoms. The Morgan fingerprint density at radius 1 is 1.05 bits per heavy atom. The zero-order valence-electron chi connectivity index (χ0n) is 11.0. The highest BCUT2D eigenvalue weighted by molar-refractivity contribution is 5.84. The Hall–Kier alpha value is -2.13. The molecule has 0 amide bonds. The van der Waals surface area contributed by atoms with Gasteiger partial charge in [-0.15, -0.1) is 0 Å². The first-order valence-corrected chi connectivity index (χ1v) is 6.03. The second-order valence-electron chi connectivity index (χ2n) is 4.37. The quantitative estimate of drug-likeness (QED) is 0.914. The summed E-state index contributed by atoms with van der Waals surface area (Å²) in [4.78, 5) is 11.9. The van der Waals surface area contributed by atoms with Crippen LogP contribution < -0.4 is 0 Å². The molecule has 0 saturated carbocycles. The minimum atomic E-state index is -1.47. The summed E-state index contributed by atoms with van der Waals surface area (Å²) >= 11 is 0. The molecule has 0 heterocycles. The number of rotatable bonds is 4. The summed E-state index contributed by atoms with van der Waals surface area (Å²) in [5.74, 6) is -1.02. The fourth-order valence-corrected chi connectivity index (χ4v) is 2.35. The van der Waals surface area contributed by atoms with Gasteiger partial charge in [0.15, 0.2) is 0 Å². The van der Waals surface area contributed by atoms with Gasteiger partial charge in [-0.05, 0) is 18.1 Å². The Kier molecular flexibility index (Phi) is 3.67. The van der Waals surface area contributed by atoms with Crippen molar-refractivity contribution >= 4 is 5.97 Å². The molecule has 2 rings (SSSR count). The maximum atomic E-state index is 11.9. The number of benzene rings is 2. The molecule has 1 N–H and O–H groups in total. The van der Waals surface area contributed by atoms with Crippen molar-refractivity contribution in [3.05, 3.63) is 71.3 Å². The molecule has 0 aliphatic rings. The molecule has 19 heavy (non-hydrogen) atoms. The summed E-state index contributed by atoms with van der Waals surface area (Å²) in [6.45, 7) is 1.88. The maximum Gasteiger partial charge on any atom is 0.345 e. The maximum absolute atomic E-state index is 11.9. The molecule has 2 aromatic rings. The van der Waals surface area contributed by atoms with Crippen LogP contribution in [0.5, 0.6) is 0 Å². The Balaban J connectivity index is 2.73. The highest BCUT2D eigenvalue weighted by Crippen LogP contribution is 2.35. The van der Waals surface area contributed by atoms with Crippen LogP contribution in [-0.2, 0) is 15.1 Å². The van der Waals surface area contributed by atoms with Crippen LogP contribution in [-0.4, -0.2) is 18.2 Å². The second kappa shape index (κ2) is 5.24. The lowest BCUT2D eigenvalue weighted by atomic mass is 9.83. The fourth-order valence-electron chi connectivity index (χ4n) is 2.35. The van der Waals surface area contributed by atoms with Gasteiger partial charge in [0.1, 0.15) is 0 Å². The zero-order chi connectivity index (χ0) is 13.9. The predicted molar refractivity (Wildman–Crippen MR) is 73.0 cm³/mol. The topological polar surface area (TPSA) is 46.5 Å². The third kappa shape index (κ3) is 2.13. The van der Waals surface area contributed by atoms with Gasteiger partial charge in [-0.3, -0.25) is 0 Å². The first-order chi connectivity index (χ1) is 9.13. The average Bonchev–Trinajstić information content (AvgIpc) is 2.43. The summed E-state index contributed by atoms with van der Waals surface area (Å²) in [7, 11) is 1.42. The van der Waals surface area contributed by atoms with E-state index in [4.69, 9.17) is 4.74 Å². The fraction of sp³-hybridized carbons (Fsp3) is 0.188. The smallest absolute Gasteiger partial charge is 0.345 e. The normalized spacial score (nSPS) is 13.8. The molecule has 1 unspecified atom stereocenters. The van der Waals surface area contributed by atoms with Crippen molar-refractivity contribution in [2.24, 2.45) is 0 Å². The van der Waals surface area contributed by atoms with Crippen LogP contribution in [0.15, 0.2) is 54.6 Å². The number of hydrogen-bond donors (Lipinski definition) is 1. The van der Waals surface area contributed by atoms with E-state index in [0.717, 1.165) is 5.56 Å². The molecule has 0 fully saturated rings. The summed E-state index contributed by atoms with van der Waals surface area (Å²) in [5.41, 5.74) is 0.679. The zero-order valence-corrected chi connectivity index (χ0v) is 11.0. The number of carbonyl (C=O) groups is 1. The molecule has 0 saturated heterocycles. The van der Waals surface area contributed by atoms with Crippen molar-refractivity contribution < 1.29 is 14.6 Å². The molecule has 1 atom stereocenters. The van der Waals surface area contributed by atoms with Crippen LogP contribution in [0.4, 0.5) is 0 Å². The molecule has 0 spiro atoms. The number of carboxylic acids is 1.